The number of aliphatic imine (C=N–C) groups is 1. The summed E-state index contributed by atoms with van der Waals surface area (Å²) in [6.07, 6.45) is 1.70. The Hall–Kier alpha value is -3.50. The van der Waals surface area contributed by atoms with Crippen LogP contribution in [0.15, 0.2) is 81.1 Å². The van der Waals surface area contributed by atoms with Crippen molar-refractivity contribution < 1.29 is 18.8 Å². The maximum Gasteiger partial charge on any atom is 0.269 e. The molecule has 0 atom stereocenters. The highest BCUT2D eigenvalue weighted by Gasteiger charge is 2.24. The maximum atomic E-state index is 13.1. The molecule has 1 aliphatic heterocycles. The molecule has 0 radical (unpaired) electrons. The summed E-state index contributed by atoms with van der Waals surface area (Å²) >= 11 is 4.60. The molecule has 1 heterocycles. The van der Waals surface area contributed by atoms with Crippen LogP contribution in [0.2, 0.25) is 0 Å². The quantitative estimate of drug-likeness (QED) is 0.242. The summed E-state index contributed by atoms with van der Waals surface area (Å²) in [6, 6.07) is 17.2. The molecular formula is C23H15BrFN3O4S. The van der Waals surface area contributed by atoms with Gasteiger partial charge in [-0.3, -0.25) is 14.9 Å². The summed E-state index contributed by atoms with van der Waals surface area (Å²) in [5.41, 5.74) is 1.97. The van der Waals surface area contributed by atoms with Crippen LogP contribution in [0.4, 0.5) is 15.8 Å². The predicted molar refractivity (Wildman–Crippen MR) is 129 cm³/mol. The van der Waals surface area contributed by atoms with Crippen LogP contribution in [0.5, 0.6) is 5.75 Å². The van der Waals surface area contributed by atoms with E-state index in [1.54, 1.807) is 24.3 Å². The van der Waals surface area contributed by atoms with Gasteiger partial charge in [0, 0.05) is 22.2 Å². The molecule has 166 valence electrons. The molecule has 0 spiro atoms. The third kappa shape index (κ3) is 5.85. The molecule has 1 saturated heterocycles. The summed E-state index contributed by atoms with van der Waals surface area (Å²) < 4.78 is 19.8. The standard InChI is InChI=1S/C23H15BrFN3O4S/c24-16-3-10-20(32-13-14-1-8-19(9-2-14)28(30)31)15(11-16)12-21-22(29)27-23(33-21)26-18-6-4-17(25)5-7-18/h1-12H,13H2,(H,26,27,29)/b21-12+. The number of non-ortho nitro benzene ring substituents is 1. The molecule has 33 heavy (non-hydrogen) atoms. The molecule has 0 aromatic heterocycles. The lowest BCUT2D eigenvalue weighted by Gasteiger charge is -2.10. The Morgan fingerprint density at radius 2 is 1.85 bits per heavy atom. The average Bonchev–Trinajstić information content (AvgIpc) is 3.13. The Bertz CT molecular complexity index is 1280. The fourth-order valence-corrected chi connectivity index (χ4v) is 4.10. The number of rotatable bonds is 6. The van der Waals surface area contributed by atoms with E-state index in [4.69, 9.17) is 4.74 Å². The van der Waals surface area contributed by atoms with E-state index in [2.05, 4.69) is 26.2 Å². The molecule has 0 bridgehead atoms. The molecule has 10 heteroatoms. The van der Waals surface area contributed by atoms with Gasteiger partial charge >= 0.3 is 0 Å². The van der Waals surface area contributed by atoms with Crippen LogP contribution in [0.1, 0.15) is 11.1 Å². The number of benzene rings is 3. The zero-order valence-electron chi connectivity index (χ0n) is 16.8. The number of amides is 1. The highest BCUT2D eigenvalue weighted by atomic mass is 79.9. The Morgan fingerprint density at radius 3 is 2.55 bits per heavy atom. The number of nitrogens with zero attached hydrogens (tertiary/aromatic N) is 2. The van der Waals surface area contributed by atoms with Crippen molar-refractivity contribution in [3.8, 4) is 5.75 Å². The Balaban J connectivity index is 1.52. The van der Waals surface area contributed by atoms with E-state index < -0.39 is 4.92 Å². The number of amidine groups is 1. The molecule has 1 N–H and O–H groups in total. The fraction of sp³-hybridized carbons (Fsp3) is 0.0435. The molecule has 3 aromatic rings. The molecule has 1 aliphatic rings. The Kier molecular flexibility index (Phi) is 6.85. The van der Waals surface area contributed by atoms with Gasteiger partial charge in [-0.25, -0.2) is 9.38 Å². The first kappa shape index (κ1) is 22.7. The van der Waals surface area contributed by atoms with E-state index in [0.717, 1.165) is 10.0 Å². The molecular weight excluding hydrogens is 513 g/mol. The Morgan fingerprint density at radius 1 is 1.12 bits per heavy atom. The molecule has 3 aromatic carbocycles. The van der Waals surface area contributed by atoms with E-state index in [0.29, 0.717) is 27.1 Å². The SMILES string of the molecule is O=C1NC(=Nc2ccc(F)cc2)S/C1=C/c1cc(Br)ccc1OCc1ccc([N+](=O)[O-])cc1. The van der Waals surface area contributed by atoms with E-state index in [9.17, 15) is 19.3 Å². The number of thioether (sulfide) groups is 1. The van der Waals surface area contributed by atoms with E-state index >= 15 is 0 Å². The minimum atomic E-state index is -0.457. The first-order chi connectivity index (χ1) is 15.9. The second-order valence-electron chi connectivity index (χ2n) is 6.85. The van der Waals surface area contributed by atoms with E-state index in [1.807, 2.05) is 12.1 Å². The van der Waals surface area contributed by atoms with Crippen molar-refractivity contribution in [3.63, 3.8) is 0 Å². The molecule has 0 saturated carbocycles. The minimum absolute atomic E-state index is 0.00944. The van der Waals surface area contributed by atoms with Gasteiger partial charge in [0.25, 0.3) is 11.6 Å². The monoisotopic (exact) mass is 527 g/mol. The van der Waals surface area contributed by atoms with Crippen molar-refractivity contribution in [1.82, 2.24) is 5.32 Å². The third-order valence-corrected chi connectivity index (χ3v) is 5.91. The largest absolute Gasteiger partial charge is 0.488 e. The topological polar surface area (TPSA) is 93.8 Å². The van der Waals surface area contributed by atoms with Crippen LogP contribution in [-0.4, -0.2) is 16.0 Å². The van der Waals surface area contributed by atoms with Gasteiger partial charge in [-0.1, -0.05) is 15.9 Å². The molecule has 0 aliphatic carbocycles. The number of nitrogens with one attached hydrogen (secondary N) is 1. The smallest absolute Gasteiger partial charge is 0.269 e. The number of carbonyl (C=O) groups is 1. The van der Waals surface area contributed by atoms with Crippen molar-refractivity contribution >= 4 is 56.2 Å². The van der Waals surface area contributed by atoms with E-state index in [-0.39, 0.29) is 24.0 Å². The van der Waals surface area contributed by atoms with Crippen molar-refractivity contribution in [3.05, 3.63) is 103 Å². The molecule has 7 nitrogen and oxygen atoms in total. The second kappa shape index (κ2) is 9.97. The van der Waals surface area contributed by atoms with Gasteiger partial charge in [0.15, 0.2) is 5.17 Å². The predicted octanol–water partition coefficient (Wildman–Crippen LogP) is 5.97. The van der Waals surface area contributed by atoms with E-state index in [1.165, 1.54) is 48.2 Å². The molecule has 4 rings (SSSR count). The van der Waals surface area contributed by atoms with Crippen LogP contribution < -0.4 is 10.1 Å². The minimum Gasteiger partial charge on any atom is -0.488 e. The van der Waals surface area contributed by atoms with Crippen molar-refractivity contribution in [1.29, 1.82) is 0 Å². The highest BCUT2D eigenvalue weighted by molar-refractivity contribution is 9.10. The molecule has 1 fully saturated rings. The summed E-state index contributed by atoms with van der Waals surface area (Å²) in [5, 5.41) is 13.9. The third-order valence-electron chi connectivity index (χ3n) is 4.51. The molecule has 1 amide bonds. The van der Waals surface area contributed by atoms with Gasteiger partial charge in [-0.15, -0.1) is 0 Å². The van der Waals surface area contributed by atoms with Gasteiger partial charge in [0.05, 0.1) is 15.5 Å². The number of hydrogen-bond donors (Lipinski definition) is 1. The van der Waals surface area contributed by atoms with Crippen LogP contribution in [0.3, 0.4) is 0 Å². The van der Waals surface area contributed by atoms with Gasteiger partial charge < -0.3 is 10.1 Å². The lowest BCUT2D eigenvalue weighted by molar-refractivity contribution is -0.384. The number of halogens is 2. The second-order valence-corrected chi connectivity index (χ2v) is 8.80. The number of nitro groups is 1. The summed E-state index contributed by atoms with van der Waals surface area (Å²) in [6.45, 7) is 0.201. The summed E-state index contributed by atoms with van der Waals surface area (Å²) in [5.74, 6) is -0.123. The number of nitro benzene ring substituents is 1. The van der Waals surface area contributed by atoms with Gasteiger partial charge in [0.2, 0.25) is 0 Å². The van der Waals surface area contributed by atoms with Crippen molar-refractivity contribution in [2.24, 2.45) is 4.99 Å². The number of carbonyl (C=O) groups excluding carboxylic acids is 1. The van der Waals surface area contributed by atoms with Crippen LogP contribution >= 0.6 is 27.7 Å². The molecule has 0 unspecified atom stereocenters. The zero-order valence-corrected chi connectivity index (χ0v) is 19.2. The van der Waals surface area contributed by atoms with Gasteiger partial charge in [-0.2, -0.15) is 0 Å². The van der Waals surface area contributed by atoms with Crippen LogP contribution in [0, 0.1) is 15.9 Å². The van der Waals surface area contributed by atoms with Crippen molar-refractivity contribution in [2.45, 2.75) is 6.61 Å². The lowest BCUT2D eigenvalue weighted by atomic mass is 10.1. The van der Waals surface area contributed by atoms with Crippen LogP contribution in [0.25, 0.3) is 6.08 Å². The Labute approximate surface area is 200 Å². The lowest BCUT2D eigenvalue weighted by Crippen LogP contribution is -2.19. The first-order valence-electron chi connectivity index (χ1n) is 9.58. The van der Waals surface area contributed by atoms with Gasteiger partial charge in [0.1, 0.15) is 18.2 Å². The van der Waals surface area contributed by atoms with Crippen molar-refractivity contribution in [2.75, 3.05) is 0 Å². The maximum absolute atomic E-state index is 13.1. The normalized spacial score (nSPS) is 15.6. The van der Waals surface area contributed by atoms with Gasteiger partial charge in [-0.05, 0) is 78.0 Å². The van der Waals surface area contributed by atoms with Crippen LogP contribution in [-0.2, 0) is 11.4 Å². The highest BCUT2D eigenvalue weighted by Crippen LogP contribution is 2.32. The zero-order chi connectivity index (χ0) is 23.4. The summed E-state index contributed by atoms with van der Waals surface area (Å²) in [4.78, 5) is 27.5. The fourth-order valence-electron chi connectivity index (χ4n) is 2.89. The summed E-state index contributed by atoms with van der Waals surface area (Å²) in [7, 11) is 0. The first-order valence-corrected chi connectivity index (χ1v) is 11.2. The number of ether oxygens (including phenoxy) is 1. The number of hydrogen-bond acceptors (Lipinski definition) is 6. The average molecular weight is 528 g/mol.